The van der Waals surface area contributed by atoms with Crippen LogP contribution in [0.3, 0.4) is 0 Å². The standard InChI is InChI=1S/C22H27FN2O3S2/c1-4-16(3)29-18-8-10-20(15(2)13-18)24-22(26)17-7-9-19(23)21(14-17)30(27,28)25-11-5-6-12-25/h7-10,13-14,16H,4-6,11-12H2,1-3H3,(H,24,26). The summed E-state index contributed by atoms with van der Waals surface area (Å²) in [4.78, 5) is 13.4. The van der Waals surface area contributed by atoms with Crippen molar-refractivity contribution in [1.82, 2.24) is 4.31 Å². The molecule has 1 aliphatic heterocycles. The molecule has 1 saturated heterocycles. The van der Waals surface area contributed by atoms with Crippen molar-refractivity contribution in [3.8, 4) is 0 Å². The summed E-state index contributed by atoms with van der Waals surface area (Å²) in [5, 5.41) is 3.31. The van der Waals surface area contributed by atoms with Gasteiger partial charge in [-0.1, -0.05) is 13.8 Å². The SMILES string of the molecule is CCC(C)Sc1ccc(NC(=O)c2ccc(F)c(S(=O)(=O)N3CCCC3)c2)c(C)c1. The molecule has 1 unspecified atom stereocenters. The summed E-state index contributed by atoms with van der Waals surface area (Å²) in [5.41, 5.74) is 1.65. The molecule has 1 amide bonds. The van der Waals surface area contributed by atoms with Crippen molar-refractivity contribution in [2.24, 2.45) is 0 Å². The predicted molar refractivity (Wildman–Crippen MR) is 119 cm³/mol. The average molecular weight is 451 g/mol. The molecule has 5 nitrogen and oxygen atoms in total. The van der Waals surface area contributed by atoms with Crippen LogP contribution >= 0.6 is 11.8 Å². The summed E-state index contributed by atoms with van der Waals surface area (Å²) in [6.07, 6.45) is 2.58. The quantitative estimate of drug-likeness (QED) is 0.599. The van der Waals surface area contributed by atoms with E-state index in [0.717, 1.165) is 41.9 Å². The van der Waals surface area contributed by atoms with Gasteiger partial charge in [-0.3, -0.25) is 4.79 Å². The number of hydrogen-bond donors (Lipinski definition) is 1. The third-order valence-electron chi connectivity index (χ3n) is 5.23. The van der Waals surface area contributed by atoms with Crippen LogP contribution in [0.4, 0.5) is 10.1 Å². The molecule has 162 valence electrons. The second kappa shape index (κ2) is 9.49. The van der Waals surface area contributed by atoms with Gasteiger partial charge in [-0.2, -0.15) is 4.31 Å². The smallest absolute Gasteiger partial charge is 0.255 e. The van der Waals surface area contributed by atoms with Crippen LogP contribution in [0.15, 0.2) is 46.2 Å². The van der Waals surface area contributed by atoms with E-state index in [2.05, 4.69) is 19.2 Å². The number of anilines is 1. The minimum atomic E-state index is -3.95. The Morgan fingerprint density at radius 1 is 1.20 bits per heavy atom. The van der Waals surface area contributed by atoms with Crippen LogP contribution in [-0.4, -0.2) is 37.0 Å². The lowest BCUT2D eigenvalue weighted by Crippen LogP contribution is -2.29. The third kappa shape index (κ3) is 5.04. The number of aryl methyl sites for hydroxylation is 1. The molecular weight excluding hydrogens is 423 g/mol. The Morgan fingerprint density at radius 3 is 2.53 bits per heavy atom. The van der Waals surface area contributed by atoms with E-state index in [1.54, 1.807) is 11.8 Å². The molecule has 8 heteroatoms. The Bertz CT molecular complexity index is 1030. The van der Waals surface area contributed by atoms with E-state index in [1.807, 2.05) is 25.1 Å². The number of carbonyl (C=O) groups excluding carboxylic acids is 1. The molecule has 1 N–H and O–H groups in total. The van der Waals surface area contributed by atoms with Gasteiger partial charge < -0.3 is 5.32 Å². The Hall–Kier alpha value is -1.90. The maximum atomic E-state index is 14.3. The maximum absolute atomic E-state index is 14.3. The highest BCUT2D eigenvalue weighted by molar-refractivity contribution is 7.99. The summed E-state index contributed by atoms with van der Waals surface area (Å²) in [6, 6.07) is 9.27. The van der Waals surface area contributed by atoms with Crippen LogP contribution in [0.2, 0.25) is 0 Å². The van der Waals surface area contributed by atoms with E-state index in [4.69, 9.17) is 0 Å². The van der Waals surface area contributed by atoms with Crippen LogP contribution in [0.1, 0.15) is 49.0 Å². The lowest BCUT2D eigenvalue weighted by atomic mass is 10.1. The van der Waals surface area contributed by atoms with Crippen molar-refractivity contribution in [2.45, 2.75) is 55.1 Å². The molecular formula is C22H27FN2O3S2. The number of rotatable bonds is 7. The number of sulfonamides is 1. The van der Waals surface area contributed by atoms with Crippen LogP contribution in [0, 0.1) is 12.7 Å². The van der Waals surface area contributed by atoms with E-state index in [-0.39, 0.29) is 5.56 Å². The molecule has 1 heterocycles. The highest BCUT2D eigenvalue weighted by atomic mass is 32.2. The third-order valence-corrected chi connectivity index (χ3v) is 8.41. The Morgan fingerprint density at radius 2 is 1.90 bits per heavy atom. The largest absolute Gasteiger partial charge is 0.322 e. The molecule has 3 rings (SSSR count). The van der Waals surface area contributed by atoms with Crippen LogP contribution in [0.5, 0.6) is 0 Å². The maximum Gasteiger partial charge on any atom is 0.255 e. The number of hydrogen-bond acceptors (Lipinski definition) is 4. The predicted octanol–water partition coefficient (Wildman–Crippen LogP) is 5.06. The molecule has 30 heavy (non-hydrogen) atoms. The molecule has 0 saturated carbocycles. The van der Waals surface area contributed by atoms with Gasteiger partial charge in [0.2, 0.25) is 10.0 Å². The Kier molecular flexibility index (Phi) is 7.21. The summed E-state index contributed by atoms with van der Waals surface area (Å²) in [5.74, 6) is -1.32. The van der Waals surface area contributed by atoms with E-state index >= 15 is 0 Å². The first-order valence-electron chi connectivity index (χ1n) is 10.1. The van der Waals surface area contributed by atoms with E-state index < -0.39 is 26.6 Å². The minimum Gasteiger partial charge on any atom is -0.322 e. The second-order valence-electron chi connectivity index (χ2n) is 7.52. The van der Waals surface area contributed by atoms with Gasteiger partial charge in [0, 0.05) is 34.5 Å². The average Bonchev–Trinajstić information content (AvgIpc) is 3.26. The molecule has 0 spiro atoms. The van der Waals surface area contributed by atoms with Crippen molar-refractivity contribution in [1.29, 1.82) is 0 Å². The highest BCUT2D eigenvalue weighted by Gasteiger charge is 2.30. The summed E-state index contributed by atoms with van der Waals surface area (Å²) in [7, 11) is -3.95. The lowest BCUT2D eigenvalue weighted by molar-refractivity contribution is 0.102. The number of halogens is 1. The number of nitrogens with zero attached hydrogens (tertiary/aromatic N) is 1. The van der Waals surface area contributed by atoms with Gasteiger partial charge in [0.05, 0.1) is 0 Å². The van der Waals surface area contributed by atoms with Crippen molar-refractivity contribution in [3.63, 3.8) is 0 Å². The van der Waals surface area contributed by atoms with Crippen molar-refractivity contribution in [3.05, 3.63) is 53.3 Å². The first-order chi connectivity index (χ1) is 14.2. The minimum absolute atomic E-state index is 0.103. The molecule has 2 aromatic carbocycles. The zero-order chi connectivity index (χ0) is 21.9. The molecule has 2 aromatic rings. The fourth-order valence-corrected chi connectivity index (χ4v) is 5.90. The van der Waals surface area contributed by atoms with E-state index in [9.17, 15) is 17.6 Å². The van der Waals surface area contributed by atoms with Gasteiger partial charge in [-0.25, -0.2) is 12.8 Å². The van der Waals surface area contributed by atoms with Crippen LogP contribution in [0.25, 0.3) is 0 Å². The molecule has 1 aliphatic rings. The fraction of sp³-hybridized carbons (Fsp3) is 0.409. The van der Waals surface area contributed by atoms with Gasteiger partial charge in [0.15, 0.2) is 0 Å². The molecule has 0 aromatic heterocycles. The van der Waals surface area contributed by atoms with E-state index in [1.165, 1.54) is 10.4 Å². The van der Waals surface area contributed by atoms with Gasteiger partial charge in [0.1, 0.15) is 10.7 Å². The number of carbonyl (C=O) groups is 1. The van der Waals surface area contributed by atoms with Crippen LogP contribution < -0.4 is 5.32 Å². The molecule has 0 radical (unpaired) electrons. The normalized spacial score (nSPS) is 15.9. The molecule has 1 fully saturated rings. The monoisotopic (exact) mass is 450 g/mol. The summed E-state index contributed by atoms with van der Waals surface area (Å²) < 4.78 is 41.1. The number of amides is 1. The first kappa shape index (κ1) is 22.8. The van der Waals surface area contributed by atoms with Crippen molar-refractivity contribution in [2.75, 3.05) is 18.4 Å². The molecule has 0 bridgehead atoms. The fourth-order valence-electron chi connectivity index (χ4n) is 3.27. The summed E-state index contributed by atoms with van der Waals surface area (Å²) >= 11 is 1.77. The van der Waals surface area contributed by atoms with Gasteiger partial charge >= 0.3 is 0 Å². The second-order valence-corrected chi connectivity index (χ2v) is 10.9. The van der Waals surface area contributed by atoms with Gasteiger partial charge in [-0.15, -0.1) is 11.8 Å². The van der Waals surface area contributed by atoms with Gasteiger partial charge in [-0.05, 0) is 68.1 Å². The lowest BCUT2D eigenvalue weighted by Gasteiger charge is -2.17. The number of benzene rings is 2. The zero-order valence-corrected chi connectivity index (χ0v) is 19.1. The number of thioether (sulfide) groups is 1. The number of nitrogens with one attached hydrogen (secondary N) is 1. The first-order valence-corrected chi connectivity index (χ1v) is 12.4. The van der Waals surface area contributed by atoms with Crippen LogP contribution in [-0.2, 0) is 10.0 Å². The summed E-state index contributed by atoms with van der Waals surface area (Å²) in [6.45, 7) is 6.96. The van der Waals surface area contributed by atoms with Crippen molar-refractivity contribution >= 4 is 33.4 Å². The Labute approximate surface area is 182 Å². The highest BCUT2D eigenvalue weighted by Crippen LogP contribution is 2.29. The molecule has 1 atom stereocenters. The zero-order valence-electron chi connectivity index (χ0n) is 17.4. The molecule has 0 aliphatic carbocycles. The van der Waals surface area contributed by atoms with Crippen molar-refractivity contribution < 1.29 is 17.6 Å². The Balaban J connectivity index is 1.81. The topological polar surface area (TPSA) is 66.5 Å². The van der Waals surface area contributed by atoms with Gasteiger partial charge in [0.25, 0.3) is 5.91 Å². The van der Waals surface area contributed by atoms with E-state index in [0.29, 0.717) is 24.0 Å².